The van der Waals surface area contributed by atoms with Gasteiger partial charge in [-0.15, -0.1) is 0 Å². The average molecular weight is 370 g/mol. The summed E-state index contributed by atoms with van der Waals surface area (Å²) in [5, 5.41) is 4.19. The number of alkyl carbamates (subject to hydrolysis) is 1. The maximum atomic E-state index is 14.0. The number of hydrogen-bond acceptors (Lipinski definition) is 4. The molecule has 1 atom stereocenters. The molecule has 0 saturated carbocycles. The molecule has 1 amide bonds. The molecule has 0 aromatic carbocycles. The normalized spacial score (nSPS) is 14.6. The predicted octanol–water partition coefficient (Wildman–Crippen LogP) is 2.69. The maximum absolute atomic E-state index is 14.0. The molecule has 0 aliphatic carbocycles. The van der Waals surface area contributed by atoms with Gasteiger partial charge in [0.05, 0.1) is 6.61 Å². The van der Waals surface area contributed by atoms with Gasteiger partial charge in [-0.05, 0) is 6.92 Å². The third-order valence-corrected chi connectivity index (χ3v) is 2.69. The van der Waals surface area contributed by atoms with E-state index in [1.165, 1.54) is 12.2 Å². The monoisotopic (exact) mass is 370 g/mol. The molecular weight excluding hydrogens is 360 g/mol. The van der Waals surface area contributed by atoms with Gasteiger partial charge in [-0.25, -0.2) is 23.2 Å². The molecular formula is C10H10F8N4O2. The molecule has 1 aromatic heterocycles. The minimum Gasteiger partial charge on any atom is -0.450 e. The second kappa shape index (κ2) is 6.76. The highest BCUT2D eigenvalue weighted by Gasteiger charge is 2.78. The van der Waals surface area contributed by atoms with E-state index in [4.69, 9.17) is 0 Å². The summed E-state index contributed by atoms with van der Waals surface area (Å²) in [7, 11) is 0. The zero-order valence-electron chi connectivity index (χ0n) is 11.7. The number of amides is 1. The maximum Gasteiger partial charge on any atom is 0.408 e. The van der Waals surface area contributed by atoms with Crippen molar-refractivity contribution in [2.75, 3.05) is 6.61 Å². The molecule has 6 nitrogen and oxygen atoms in total. The first-order valence-corrected chi connectivity index (χ1v) is 6.08. The van der Waals surface area contributed by atoms with Gasteiger partial charge in [-0.3, -0.25) is 5.32 Å². The molecule has 0 fully saturated rings. The van der Waals surface area contributed by atoms with Crippen LogP contribution in [0, 0.1) is 0 Å². The molecule has 1 rings (SSSR count). The highest BCUT2D eigenvalue weighted by atomic mass is 19.4. The van der Waals surface area contributed by atoms with E-state index < -0.39 is 36.5 Å². The first-order chi connectivity index (χ1) is 10.9. The van der Waals surface area contributed by atoms with Crippen molar-refractivity contribution >= 4 is 6.09 Å². The van der Waals surface area contributed by atoms with Crippen LogP contribution in [-0.2, 0) is 4.74 Å². The Morgan fingerprint density at radius 2 is 1.79 bits per heavy atom. The summed E-state index contributed by atoms with van der Waals surface area (Å²) in [6.07, 6.45) is -9.08. The number of carbonyl (C=O) groups is 1. The molecule has 0 bridgehead atoms. The standard InChI is InChI=1S/C10H10F8N4O2/c1-2-24-7(23)21-6(22-4-19-3-20-22)9(15,16)10(17,18)8(13,14)5(11)12/h3-6H,2H2,1H3,(H,21,23)/t6-/m0/s1. The fourth-order valence-corrected chi connectivity index (χ4v) is 1.49. The van der Waals surface area contributed by atoms with E-state index in [2.05, 4.69) is 14.8 Å². The summed E-state index contributed by atoms with van der Waals surface area (Å²) in [5.41, 5.74) is 0. The molecule has 0 aliphatic rings. The fraction of sp³-hybridized carbons (Fsp3) is 0.700. The lowest BCUT2D eigenvalue weighted by Crippen LogP contribution is -2.63. The molecule has 1 N–H and O–H groups in total. The second-order valence-electron chi connectivity index (χ2n) is 4.26. The Labute approximate surface area is 128 Å². The van der Waals surface area contributed by atoms with Crippen LogP contribution in [-0.4, -0.2) is 51.7 Å². The van der Waals surface area contributed by atoms with Crippen LogP contribution in [0.3, 0.4) is 0 Å². The van der Waals surface area contributed by atoms with Crippen molar-refractivity contribution in [3.63, 3.8) is 0 Å². The molecule has 24 heavy (non-hydrogen) atoms. The van der Waals surface area contributed by atoms with Crippen LogP contribution in [0.15, 0.2) is 12.7 Å². The van der Waals surface area contributed by atoms with Crippen molar-refractivity contribution in [3.8, 4) is 0 Å². The number of nitrogens with zero attached hydrogens (tertiary/aromatic N) is 3. The number of halogens is 8. The van der Waals surface area contributed by atoms with Gasteiger partial charge in [0.15, 0.2) is 6.17 Å². The fourth-order valence-electron chi connectivity index (χ4n) is 1.49. The predicted molar refractivity (Wildman–Crippen MR) is 60.1 cm³/mol. The van der Waals surface area contributed by atoms with Gasteiger partial charge >= 0.3 is 30.3 Å². The van der Waals surface area contributed by atoms with Gasteiger partial charge < -0.3 is 4.74 Å². The Morgan fingerprint density at radius 1 is 1.21 bits per heavy atom. The number of hydrogen-bond donors (Lipinski definition) is 1. The average Bonchev–Trinajstić information content (AvgIpc) is 2.98. The van der Waals surface area contributed by atoms with E-state index in [9.17, 15) is 39.9 Å². The first-order valence-electron chi connectivity index (χ1n) is 6.08. The summed E-state index contributed by atoms with van der Waals surface area (Å²) in [4.78, 5) is 14.3. The number of rotatable bonds is 7. The van der Waals surface area contributed by atoms with E-state index in [0.717, 1.165) is 0 Å². The van der Waals surface area contributed by atoms with Gasteiger partial charge in [-0.1, -0.05) is 0 Å². The van der Waals surface area contributed by atoms with Crippen LogP contribution in [0.4, 0.5) is 39.9 Å². The summed E-state index contributed by atoms with van der Waals surface area (Å²) >= 11 is 0. The number of aromatic nitrogens is 3. The van der Waals surface area contributed by atoms with E-state index in [1.807, 2.05) is 0 Å². The lowest BCUT2D eigenvalue weighted by atomic mass is 10.0. The molecule has 138 valence electrons. The summed E-state index contributed by atoms with van der Waals surface area (Å²) in [5.74, 6) is -18.8. The van der Waals surface area contributed by atoms with Crippen molar-refractivity contribution in [1.82, 2.24) is 20.1 Å². The Hall–Kier alpha value is -2.15. The van der Waals surface area contributed by atoms with Crippen molar-refractivity contribution in [2.45, 2.75) is 37.3 Å². The SMILES string of the molecule is CCOC(=O)N[C@@H](n1cncn1)C(F)(F)C(F)(F)C(F)(F)C(F)F. The lowest BCUT2D eigenvalue weighted by molar-refractivity contribution is -0.350. The van der Waals surface area contributed by atoms with Crippen molar-refractivity contribution in [1.29, 1.82) is 0 Å². The zero-order chi connectivity index (χ0) is 18.8. The van der Waals surface area contributed by atoms with Crippen LogP contribution in [0.1, 0.15) is 13.1 Å². The Balaban J connectivity index is 3.31. The summed E-state index contributed by atoms with van der Waals surface area (Å²) in [6.45, 7) is 0.868. The van der Waals surface area contributed by atoms with E-state index in [-0.39, 0.29) is 11.3 Å². The van der Waals surface area contributed by atoms with Crippen LogP contribution in [0.2, 0.25) is 0 Å². The van der Waals surface area contributed by atoms with E-state index in [1.54, 1.807) is 0 Å². The number of alkyl halides is 8. The molecule has 1 heterocycles. The molecule has 0 unspecified atom stereocenters. The lowest BCUT2D eigenvalue weighted by Gasteiger charge is -2.36. The summed E-state index contributed by atoms with van der Waals surface area (Å²) in [6, 6.07) is 0. The highest BCUT2D eigenvalue weighted by Crippen LogP contribution is 2.51. The second-order valence-corrected chi connectivity index (χ2v) is 4.26. The van der Waals surface area contributed by atoms with Gasteiger partial charge in [0, 0.05) is 0 Å². The van der Waals surface area contributed by atoms with Crippen LogP contribution in [0.5, 0.6) is 0 Å². The van der Waals surface area contributed by atoms with Crippen molar-refractivity contribution in [2.24, 2.45) is 0 Å². The van der Waals surface area contributed by atoms with Gasteiger partial charge in [0.1, 0.15) is 12.7 Å². The van der Waals surface area contributed by atoms with Crippen LogP contribution in [0.25, 0.3) is 0 Å². The molecule has 0 saturated heterocycles. The number of nitrogens with one attached hydrogen (secondary N) is 1. The Bertz CT molecular complexity index is 551. The Kier molecular flexibility index (Phi) is 5.61. The summed E-state index contributed by atoms with van der Waals surface area (Å²) < 4.78 is 109. The van der Waals surface area contributed by atoms with Crippen molar-refractivity contribution in [3.05, 3.63) is 12.7 Å². The largest absolute Gasteiger partial charge is 0.450 e. The number of ether oxygens (including phenoxy) is 1. The topological polar surface area (TPSA) is 69.0 Å². The van der Waals surface area contributed by atoms with Gasteiger partial charge in [0.2, 0.25) is 0 Å². The Morgan fingerprint density at radius 3 is 2.21 bits per heavy atom. The third kappa shape index (κ3) is 3.36. The molecule has 14 heteroatoms. The third-order valence-electron chi connectivity index (χ3n) is 2.69. The van der Waals surface area contributed by atoms with E-state index >= 15 is 0 Å². The highest BCUT2D eigenvalue weighted by molar-refractivity contribution is 5.67. The van der Waals surface area contributed by atoms with Crippen molar-refractivity contribution < 1.29 is 44.7 Å². The van der Waals surface area contributed by atoms with E-state index in [0.29, 0.717) is 12.7 Å². The van der Waals surface area contributed by atoms with Gasteiger partial charge in [-0.2, -0.15) is 31.4 Å². The molecule has 0 radical (unpaired) electrons. The van der Waals surface area contributed by atoms with Gasteiger partial charge in [0.25, 0.3) is 0 Å². The minimum atomic E-state index is -6.54. The quantitative estimate of drug-likeness (QED) is 0.750. The molecule has 1 aromatic rings. The molecule has 0 spiro atoms. The number of carbonyl (C=O) groups excluding carboxylic acids is 1. The van der Waals surface area contributed by atoms with Crippen LogP contribution >= 0.6 is 0 Å². The van der Waals surface area contributed by atoms with Crippen LogP contribution < -0.4 is 5.32 Å². The zero-order valence-corrected chi connectivity index (χ0v) is 11.7. The smallest absolute Gasteiger partial charge is 0.408 e. The molecule has 0 aliphatic heterocycles. The minimum absolute atomic E-state index is 0.105. The first kappa shape index (κ1) is 19.9.